The monoisotopic (exact) mass is 359 g/mol. The van der Waals surface area contributed by atoms with E-state index in [0.29, 0.717) is 23.9 Å². The maximum Gasteiger partial charge on any atom is 0.245 e. The lowest BCUT2D eigenvalue weighted by molar-refractivity contribution is -0.124. The van der Waals surface area contributed by atoms with Gasteiger partial charge in [0.15, 0.2) is 0 Å². The molecule has 0 unspecified atom stereocenters. The van der Waals surface area contributed by atoms with Crippen molar-refractivity contribution < 1.29 is 4.79 Å². The van der Waals surface area contributed by atoms with Crippen molar-refractivity contribution in [3.63, 3.8) is 0 Å². The minimum absolute atomic E-state index is 0.132. The van der Waals surface area contributed by atoms with Gasteiger partial charge in [0.05, 0.1) is 0 Å². The number of amides is 1. The van der Waals surface area contributed by atoms with E-state index in [9.17, 15) is 4.79 Å². The number of carbonyl (C=O) groups excluding carboxylic acids is 1. The van der Waals surface area contributed by atoms with Crippen molar-refractivity contribution in [1.82, 2.24) is 45.7 Å². The molecule has 1 aromatic carbocycles. The SMILES string of the molecule is Cn1nnnc1SCCNC(=O)[C@@H](Cc1ccccc1)n1cnnn1. The van der Waals surface area contributed by atoms with Crippen LogP contribution in [0.15, 0.2) is 41.8 Å². The third kappa shape index (κ3) is 4.59. The van der Waals surface area contributed by atoms with Crippen LogP contribution in [0.25, 0.3) is 0 Å². The molecule has 0 aliphatic heterocycles. The molecule has 0 aliphatic carbocycles. The van der Waals surface area contributed by atoms with Gasteiger partial charge in [-0.25, -0.2) is 9.36 Å². The molecule has 11 heteroatoms. The maximum atomic E-state index is 12.6. The Kier molecular flexibility index (Phi) is 5.67. The van der Waals surface area contributed by atoms with Gasteiger partial charge in [-0.05, 0) is 26.4 Å². The molecule has 3 rings (SSSR count). The summed E-state index contributed by atoms with van der Waals surface area (Å²) in [7, 11) is 1.77. The number of thioether (sulfide) groups is 1. The number of benzene rings is 1. The molecule has 10 nitrogen and oxygen atoms in total. The predicted octanol–water partition coefficient (Wildman–Crippen LogP) is -0.111. The van der Waals surface area contributed by atoms with Crippen molar-refractivity contribution in [1.29, 1.82) is 0 Å². The van der Waals surface area contributed by atoms with Gasteiger partial charge in [-0.3, -0.25) is 4.79 Å². The van der Waals surface area contributed by atoms with Crippen molar-refractivity contribution in [3.05, 3.63) is 42.2 Å². The second-order valence-corrected chi connectivity index (χ2v) is 6.28. The Morgan fingerprint density at radius 1 is 1.24 bits per heavy atom. The largest absolute Gasteiger partial charge is 0.353 e. The summed E-state index contributed by atoms with van der Waals surface area (Å²) < 4.78 is 3.06. The zero-order valence-corrected chi connectivity index (χ0v) is 14.4. The molecule has 2 heterocycles. The average molecular weight is 359 g/mol. The molecule has 1 atom stereocenters. The fraction of sp³-hybridized carbons (Fsp3) is 0.357. The highest BCUT2D eigenvalue weighted by atomic mass is 32.2. The van der Waals surface area contributed by atoms with E-state index in [1.165, 1.54) is 22.8 Å². The van der Waals surface area contributed by atoms with Gasteiger partial charge < -0.3 is 5.32 Å². The zero-order valence-electron chi connectivity index (χ0n) is 13.6. The van der Waals surface area contributed by atoms with Gasteiger partial charge in [0.2, 0.25) is 11.1 Å². The van der Waals surface area contributed by atoms with E-state index >= 15 is 0 Å². The van der Waals surface area contributed by atoms with Crippen LogP contribution in [0.3, 0.4) is 0 Å². The molecule has 0 fully saturated rings. The van der Waals surface area contributed by atoms with Gasteiger partial charge in [0.1, 0.15) is 12.4 Å². The average Bonchev–Trinajstić information content (AvgIpc) is 3.29. The van der Waals surface area contributed by atoms with Crippen LogP contribution in [0.1, 0.15) is 11.6 Å². The molecular weight excluding hydrogens is 342 g/mol. The molecule has 0 saturated carbocycles. The fourth-order valence-electron chi connectivity index (χ4n) is 2.23. The summed E-state index contributed by atoms with van der Waals surface area (Å²) in [4.78, 5) is 12.6. The highest BCUT2D eigenvalue weighted by Gasteiger charge is 2.22. The van der Waals surface area contributed by atoms with Crippen LogP contribution in [0.4, 0.5) is 0 Å². The third-order valence-corrected chi connectivity index (χ3v) is 4.48. The second kappa shape index (κ2) is 8.33. The van der Waals surface area contributed by atoms with Crippen LogP contribution in [0.2, 0.25) is 0 Å². The van der Waals surface area contributed by atoms with Crippen LogP contribution in [0.5, 0.6) is 0 Å². The molecule has 0 saturated heterocycles. The van der Waals surface area contributed by atoms with E-state index in [2.05, 4.69) is 36.4 Å². The topological polar surface area (TPSA) is 116 Å². The summed E-state index contributed by atoms with van der Waals surface area (Å²) in [6.45, 7) is 0.490. The first kappa shape index (κ1) is 17.0. The molecule has 1 amide bonds. The Morgan fingerprint density at radius 3 is 2.76 bits per heavy atom. The normalized spacial score (nSPS) is 12.0. The fourth-order valence-corrected chi connectivity index (χ4v) is 2.94. The molecule has 1 N–H and O–H groups in total. The molecule has 3 aromatic rings. The molecule has 25 heavy (non-hydrogen) atoms. The highest BCUT2D eigenvalue weighted by molar-refractivity contribution is 7.99. The lowest BCUT2D eigenvalue weighted by Crippen LogP contribution is -2.35. The molecule has 130 valence electrons. The molecule has 2 aromatic heterocycles. The lowest BCUT2D eigenvalue weighted by atomic mass is 10.1. The van der Waals surface area contributed by atoms with E-state index in [1.807, 2.05) is 30.3 Å². The van der Waals surface area contributed by atoms with Gasteiger partial charge in [-0.2, -0.15) is 0 Å². The Balaban J connectivity index is 1.57. The van der Waals surface area contributed by atoms with Crippen LogP contribution in [-0.4, -0.2) is 58.6 Å². The van der Waals surface area contributed by atoms with Crippen molar-refractivity contribution in [2.45, 2.75) is 17.6 Å². The summed E-state index contributed by atoms with van der Waals surface area (Å²) in [5.41, 5.74) is 1.04. The quantitative estimate of drug-likeness (QED) is 0.437. The standard InChI is InChI=1S/C14H17N9OS/c1-22-14(17-19-20-22)25-8-7-15-13(24)12(23-10-16-18-21-23)9-11-5-3-2-4-6-11/h2-6,10,12H,7-9H2,1H3,(H,15,24)/t12-/m1/s1. The molecule has 0 spiro atoms. The first-order valence-corrected chi connectivity index (χ1v) is 8.62. The van der Waals surface area contributed by atoms with Crippen LogP contribution >= 0.6 is 11.8 Å². The summed E-state index contributed by atoms with van der Waals surface area (Å²) in [6.07, 6.45) is 1.96. The van der Waals surface area contributed by atoms with Gasteiger partial charge in [0, 0.05) is 25.8 Å². The number of aromatic nitrogens is 8. The van der Waals surface area contributed by atoms with E-state index in [-0.39, 0.29) is 5.91 Å². The Morgan fingerprint density at radius 2 is 2.08 bits per heavy atom. The lowest BCUT2D eigenvalue weighted by Gasteiger charge is -2.16. The molecular formula is C14H17N9OS. The molecule has 0 aliphatic rings. The van der Waals surface area contributed by atoms with E-state index < -0.39 is 6.04 Å². The number of hydrogen-bond acceptors (Lipinski definition) is 8. The summed E-state index contributed by atoms with van der Waals surface area (Å²) >= 11 is 1.47. The van der Waals surface area contributed by atoms with Crippen molar-refractivity contribution in [2.24, 2.45) is 7.05 Å². The van der Waals surface area contributed by atoms with Crippen LogP contribution in [-0.2, 0) is 18.3 Å². The minimum atomic E-state index is -0.501. The number of carbonyl (C=O) groups is 1. The predicted molar refractivity (Wildman–Crippen MR) is 89.5 cm³/mol. The second-order valence-electron chi connectivity index (χ2n) is 5.22. The maximum absolute atomic E-state index is 12.6. The van der Waals surface area contributed by atoms with E-state index in [4.69, 9.17) is 0 Å². The van der Waals surface area contributed by atoms with Crippen molar-refractivity contribution in [3.8, 4) is 0 Å². The molecule has 0 bridgehead atoms. The first-order chi connectivity index (χ1) is 12.2. The smallest absolute Gasteiger partial charge is 0.245 e. The van der Waals surface area contributed by atoms with Crippen LogP contribution in [0, 0.1) is 0 Å². The number of nitrogens with zero attached hydrogens (tertiary/aromatic N) is 8. The van der Waals surface area contributed by atoms with Gasteiger partial charge >= 0.3 is 0 Å². The number of hydrogen-bond donors (Lipinski definition) is 1. The molecule has 0 radical (unpaired) electrons. The van der Waals surface area contributed by atoms with E-state index in [1.54, 1.807) is 11.7 Å². The van der Waals surface area contributed by atoms with Crippen molar-refractivity contribution in [2.75, 3.05) is 12.3 Å². The summed E-state index contributed by atoms with van der Waals surface area (Å²) in [5, 5.41) is 26.0. The first-order valence-electron chi connectivity index (χ1n) is 7.63. The number of nitrogens with one attached hydrogen (secondary N) is 1. The van der Waals surface area contributed by atoms with Gasteiger partial charge in [-0.15, -0.1) is 10.2 Å². The number of rotatable bonds is 8. The van der Waals surface area contributed by atoms with Gasteiger partial charge in [-0.1, -0.05) is 42.1 Å². The number of aryl methyl sites for hydroxylation is 1. The van der Waals surface area contributed by atoms with Gasteiger partial charge in [0.25, 0.3) is 0 Å². The Hall–Kier alpha value is -2.82. The zero-order chi connectivity index (χ0) is 17.5. The number of tetrazole rings is 2. The minimum Gasteiger partial charge on any atom is -0.353 e. The summed E-state index contributed by atoms with van der Waals surface area (Å²) in [6, 6.07) is 9.27. The third-order valence-electron chi connectivity index (χ3n) is 3.47. The Labute approximate surface area is 148 Å². The van der Waals surface area contributed by atoms with Crippen molar-refractivity contribution >= 4 is 17.7 Å². The Bertz CT molecular complexity index is 790. The van der Waals surface area contributed by atoms with E-state index in [0.717, 1.165) is 5.56 Å². The highest BCUT2D eigenvalue weighted by Crippen LogP contribution is 2.14. The van der Waals surface area contributed by atoms with Crippen LogP contribution < -0.4 is 5.32 Å². The summed E-state index contributed by atoms with van der Waals surface area (Å²) in [5.74, 6) is 0.529.